The summed E-state index contributed by atoms with van der Waals surface area (Å²) in [6.45, 7) is -0.689. The number of fused-ring (bicyclic) bond motifs is 3. The summed E-state index contributed by atoms with van der Waals surface area (Å²) in [6, 6.07) is 30.7. The Hall–Kier alpha value is -4.51. The highest BCUT2D eigenvalue weighted by atomic mass is 16.5. The van der Waals surface area contributed by atoms with E-state index in [1.807, 2.05) is 72.8 Å². The zero-order valence-corrected chi connectivity index (χ0v) is 19.0. The smallest absolute Gasteiger partial charge is 0.325 e. The van der Waals surface area contributed by atoms with Crippen molar-refractivity contribution in [3.05, 3.63) is 119 Å². The Bertz CT molecular complexity index is 1410. The van der Waals surface area contributed by atoms with Gasteiger partial charge in [0.25, 0.3) is 5.91 Å². The number of amides is 1. The van der Waals surface area contributed by atoms with Crippen molar-refractivity contribution in [2.24, 2.45) is 0 Å². The summed E-state index contributed by atoms with van der Waals surface area (Å²) in [7, 11) is 0. The zero-order chi connectivity index (χ0) is 24.2. The molecule has 0 fully saturated rings. The van der Waals surface area contributed by atoms with Gasteiger partial charge in [0.05, 0.1) is 0 Å². The van der Waals surface area contributed by atoms with Crippen LogP contribution < -0.4 is 5.32 Å². The van der Waals surface area contributed by atoms with Gasteiger partial charge in [0.15, 0.2) is 12.4 Å². The molecule has 0 aromatic heterocycles. The van der Waals surface area contributed by atoms with E-state index in [9.17, 15) is 14.4 Å². The van der Waals surface area contributed by atoms with Crippen molar-refractivity contribution >= 4 is 17.7 Å². The summed E-state index contributed by atoms with van der Waals surface area (Å²) in [4.78, 5) is 37.1. The maximum atomic E-state index is 12.6. The molecule has 0 radical (unpaired) electrons. The highest BCUT2D eigenvalue weighted by molar-refractivity contribution is 6.00. The summed E-state index contributed by atoms with van der Waals surface area (Å²) >= 11 is 0. The Balaban J connectivity index is 1.13. The van der Waals surface area contributed by atoms with Crippen molar-refractivity contribution in [1.29, 1.82) is 0 Å². The molecule has 35 heavy (non-hydrogen) atoms. The summed E-state index contributed by atoms with van der Waals surface area (Å²) in [6.07, 6.45) is 0.851. The Labute approximate surface area is 203 Å². The van der Waals surface area contributed by atoms with Gasteiger partial charge >= 0.3 is 5.97 Å². The minimum absolute atomic E-state index is 0.284. The van der Waals surface area contributed by atoms with Crippen molar-refractivity contribution in [3.8, 4) is 22.3 Å². The Morgan fingerprint density at radius 1 is 0.686 bits per heavy atom. The molecule has 4 aromatic carbocycles. The SMILES string of the molecule is O=C(CNC(=O)c1ccc(-c2ccccc2)cc1)OCC(=O)c1ccc2c(c1)-c1ccccc1C2. The number of esters is 1. The highest BCUT2D eigenvalue weighted by Gasteiger charge is 2.20. The second-order valence-electron chi connectivity index (χ2n) is 8.42. The summed E-state index contributed by atoms with van der Waals surface area (Å²) in [5.74, 6) is -1.34. The van der Waals surface area contributed by atoms with Crippen LogP contribution in [0.2, 0.25) is 0 Å². The molecule has 1 amide bonds. The van der Waals surface area contributed by atoms with Crippen LogP contribution in [0.5, 0.6) is 0 Å². The first-order chi connectivity index (χ1) is 17.1. The molecular formula is C30H23NO4. The van der Waals surface area contributed by atoms with Crippen LogP contribution in [0.1, 0.15) is 31.8 Å². The van der Waals surface area contributed by atoms with Gasteiger partial charge in [-0.2, -0.15) is 0 Å². The van der Waals surface area contributed by atoms with Gasteiger partial charge < -0.3 is 10.1 Å². The number of Topliss-reactive ketones (excluding diaryl/α,β-unsaturated/α-hetero) is 1. The predicted molar refractivity (Wildman–Crippen MR) is 134 cm³/mol. The molecule has 4 aromatic rings. The third kappa shape index (κ3) is 4.89. The molecule has 5 heteroatoms. The fraction of sp³-hybridized carbons (Fsp3) is 0.100. The quantitative estimate of drug-likeness (QED) is 0.271. The largest absolute Gasteiger partial charge is 0.456 e. The van der Waals surface area contributed by atoms with E-state index in [0.717, 1.165) is 28.7 Å². The van der Waals surface area contributed by atoms with E-state index < -0.39 is 5.97 Å². The van der Waals surface area contributed by atoms with Gasteiger partial charge in [0, 0.05) is 11.1 Å². The Morgan fingerprint density at radius 3 is 2.14 bits per heavy atom. The van der Waals surface area contributed by atoms with Gasteiger partial charge in [-0.1, -0.05) is 78.9 Å². The fourth-order valence-electron chi connectivity index (χ4n) is 4.28. The number of hydrogen-bond acceptors (Lipinski definition) is 4. The van der Waals surface area contributed by atoms with Crippen LogP contribution in [-0.2, 0) is 16.0 Å². The second-order valence-corrected chi connectivity index (χ2v) is 8.42. The number of benzene rings is 4. The number of rotatable bonds is 7. The number of carbonyl (C=O) groups excluding carboxylic acids is 3. The van der Waals surface area contributed by atoms with Gasteiger partial charge in [0.2, 0.25) is 0 Å². The molecule has 0 spiro atoms. The molecule has 0 heterocycles. The minimum atomic E-state index is -0.667. The molecule has 0 bridgehead atoms. The third-order valence-corrected chi connectivity index (χ3v) is 6.13. The molecule has 0 atom stereocenters. The second kappa shape index (κ2) is 9.77. The zero-order valence-electron chi connectivity index (χ0n) is 19.0. The molecule has 1 aliphatic carbocycles. The molecule has 5 nitrogen and oxygen atoms in total. The lowest BCUT2D eigenvalue weighted by atomic mass is 10.0. The average molecular weight is 462 g/mol. The Morgan fingerprint density at radius 2 is 1.34 bits per heavy atom. The van der Waals surface area contributed by atoms with Gasteiger partial charge in [-0.25, -0.2) is 0 Å². The summed E-state index contributed by atoms with van der Waals surface area (Å²) in [5.41, 5.74) is 7.58. The monoisotopic (exact) mass is 461 g/mol. The van der Waals surface area contributed by atoms with E-state index in [0.29, 0.717) is 11.1 Å². The number of hydrogen-bond donors (Lipinski definition) is 1. The highest BCUT2D eigenvalue weighted by Crippen LogP contribution is 2.36. The lowest BCUT2D eigenvalue weighted by molar-refractivity contribution is -0.141. The lowest BCUT2D eigenvalue weighted by Crippen LogP contribution is -2.31. The van der Waals surface area contributed by atoms with E-state index >= 15 is 0 Å². The topological polar surface area (TPSA) is 72.5 Å². The number of ether oxygens (including phenoxy) is 1. The minimum Gasteiger partial charge on any atom is -0.456 e. The molecular weight excluding hydrogens is 438 g/mol. The molecule has 172 valence electrons. The maximum absolute atomic E-state index is 12.6. The lowest BCUT2D eigenvalue weighted by Gasteiger charge is -2.08. The van der Waals surface area contributed by atoms with Crippen LogP contribution >= 0.6 is 0 Å². The third-order valence-electron chi connectivity index (χ3n) is 6.13. The molecule has 0 saturated carbocycles. The van der Waals surface area contributed by atoms with E-state index in [4.69, 9.17) is 4.74 Å². The van der Waals surface area contributed by atoms with Crippen molar-refractivity contribution in [2.75, 3.05) is 13.2 Å². The van der Waals surface area contributed by atoms with E-state index in [-0.39, 0.29) is 24.8 Å². The molecule has 1 N–H and O–H groups in total. The first-order valence-electron chi connectivity index (χ1n) is 11.4. The summed E-state index contributed by atoms with van der Waals surface area (Å²) < 4.78 is 5.11. The van der Waals surface area contributed by atoms with Crippen molar-refractivity contribution < 1.29 is 19.1 Å². The van der Waals surface area contributed by atoms with Crippen molar-refractivity contribution in [2.45, 2.75) is 6.42 Å². The van der Waals surface area contributed by atoms with Crippen molar-refractivity contribution in [1.82, 2.24) is 5.32 Å². The number of nitrogens with one attached hydrogen (secondary N) is 1. The normalized spacial score (nSPS) is 11.3. The van der Waals surface area contributed by atoms with Crippen LogP contribution in [0.3, 0.4) is 0 Å². The van der Waals surface area contributed by atoms with E-state index in [1.54, 1.807) is 18.2 Å². The first-order valence-corrected chi connectivity index (χ1v) is 11.4. The molecule has 5 rings (SSSR count). The Kier molecular flexibility index (Phi) is 6.22. The first kappa shape index (κ1) is 22.3. The molecule has 1 aliphatic rings. The number of ketones is 1. The van der Waals surface area contributed by atoms with Gasteiger partial charge in [-0.05, 0) is 58.0 Å². The molecule has 0 unspecified atom stereocenters. The number of carbonyl (C=O) groups is 3. The molecule has 0 aliphatic heterocycles. The fourth-order valence-corrected chi connectivity index (χ4v) is 4.28. The van der Waals surface area contributed by atoms with Gasteiger partial charge in [0.1, 0.15) is 6.54 Å². The van der Waals surface area contributed by atoms with Crippen LogP contribution in [-0.4, -0.2) is 30.8 Å². The van der Waals surface area contributed by atoms with Gasteiger partial charge in [-0.15, -0.1) is 0 Å². The van der Waals surface area contributed by atoms with Crippen molar-refractivity contribution in [3.63, 3.8) is 0 Å². The maximum Gasteiger partial charge on any atom is 0.325 e. The van der Waals surface area contributed by atoms with Crippen LogP contribution in [0.15, 0.2) is 97.1 Å². The average Bonchev–Trinajstić information content (AvgIpc) is 3.29. The van der Waals surface area contributed by atoms with E-state index in [1.165, 1.54) is 11.1 Å². The van der Waals surface area contributed by atoms with Crippen LogP contribution in [0, 0.1) is 0 Å². The van der Waals surface area contributed by atoms with E-state index in [2.05, 4.69) is 11.4 Å². The molecule has 0 saturated heterocycles. The van der Waals surface area contributed by atoms with Gasteiger partial charge in [-0.3, -0.25) is 14.4 Å². The predicted octanol–water partition coefficient (Wildman–Crippen LogP) is 5.08. The van der Waals surface area contributed by atoms with Crippen LogP contribution in [0.25, 0.3) is 22.3 Å². The summed E-state index contributed by atoms with van der Waals surface area (Å²) in [5, 5.41) is 2.54. The van der Waals surface area contributed by atoms with Crippen LogP contribution in [0.4, 0.5) is 0 Å². The standard InChI is InChI=1S/C30H23NO4/c32-28(25-15-14-24-16-23-8-4-5-9-26(23)27(24)17-25)19-35-29(33)18-31-30(34)22-12-10-21(11-13-22)20-6-2-1-3-7-20/h1-15,17H,16,18-19H2,(H,31,34).